The molecule has 3 aromatic carbocycles. The van der Waals surface area contributed by atoms with Crippen molar-refractivity contribution in [3.8, 4) is 5.75 Å². The van der Waals surface area contributed by atoms with Gasteiger partial charge in [0.1, 0.15) is 5.75 Å². The maximum atomic E-state index is 14.4. The Bertz CT molecular complexity index is 1340. The molecule has 0 aromatic heterocycles. The Morgan fingerprint density at radius 2 is 1.71 bits per heavy atom. The van der Waals surface area contributed by atoms with Crippen LogP contribution in [0.4, 0.5) is 0 Å². The third-order valence-electron chi connectivity index (χ3n) is 7.91. The van der Waals surface area contributed by atoms with Crippen molar-refractivity contribution in [2.45, 2.75) is 62.2 Å². The third-order valence-corrected chi connectivity index (χ3v) is 8.69. The highest BCUT2D eigenvalue weighted by molar-refractivity contribution is 9.10. The molecule has 0 radical (unpaired) electrons. The molecule has 0 unspecified atom stereocenters. The minimum Gasteiger partial charge on any atom is -0.494 e. The number of carbonyl (C=O) groups excluding carboxylic acids is 1. The lowest BCUT2D eigenvalue weighted by Gasteiger charge is -2.35. The lowest BCUT2D eigenvalue weighted by Crippen LogP contribution is -2.54. The number of ether oxygens (including phenoxy) is 2. The Kier molecular flexibility index (Phi) is 9.42. The van der Waals surface area contributed by atoms with Gasteiger partial charge in [0, 0.05) is 36.0 Å². The Hall–Kier alpha value is -3.20. The summed E-state index contributed by atoms with van der Waals surface area (Å²) in [5.41, 5.74) is 0.271. The molecule has 0 bridgehead atoms. The minimum absolute atomic E-state index is 0.0721. The summed E-state index contributed by atoms with van der Waals surface area (Å²) in [6.07, 6.45) is 4.51. The maximum Gasteiger partial charge on any atom is 0.252 e. The fourth-order valence-corrected chi connectivity index (χ4v) is 6.05. The molecule has 1 saturated carbocycles. The van der Waals surface area contributed by atoms with Crippen LogP contribution < -0.4 is 10.1 Å². The molecule has 2 atom stereocenters. The molecule has 1 aliphatic carbocycles. The monoisotopic (exact) mass is 620 g/mol. The number of rotatable bonds is 11. The number of nitrogens with zero attached hydrogens (tertiary/aromatic N) is 1. The summed E-state index contributed by atoms with van der Waals surface area (Å²) >= 11 is 3.67. The summed E-state index contributed by atoms with van der Waals surface area (Å²) in [6.45, 7) is 0.670. The van der Waals surface area contributed by atoms with E-state index < -0.39 is 17.2 Å². The average Bonchev–Trinajstić information content (AvgIpc) is 3.39. The molecule has 1 amide bonds. The van der Waals surface area contributed by atoms with E-state index in [0.717, 1.165) is 40.4 Å². The van der Waals surface area contributed by atoms with Crippen LogP contribution in [-0.4, -0.2) is 52.9 Å². The molecular formula is C33H37BrN2O5. The van der Waals surface area contributed by atoms with Gasteiger partial charge in [-0.1, -0.05) is 83.7 Å². The van der Waals surface area contributed by atoms with Crippen molar-refractivity contribution in [3.63, 3.8) is 0 Å². The Balaban J connectivity index is 1.53. The van der Waals surface area contributed by atoms with Gasteiger partial charge in [-0.2, -0.15) is 0 Å². The zero-order valence-electron chi connectivity index (χ0n) is 23.1. The Morgan fingerprint density at radius 3 is 2.41 bits per heavy atom. The van der Waals surface area contributed by atoms with Gasteiger partial charge in [0.2, 0.25) is 5.90 Å². The molecule has 41 heavy (non-hydrogen) atoms. The standard InChI is InChI=1S/C33H37BrN2O5/c34-28-13-6-5-12-26(28)22-33(31(38)35-23-32(39)18-7-2-8-19-32)29(24-10-3-1-4-11-24)41-30(36-33)25-14-16-27(17-15-25)40-21-9-20-37/h1,3-6,10-17,29,37,39H,2,7-9,18-23H2,(H,35,38)/t29-,33-/m1/s1. The van der Waals surface area contributed by atoms with Crippen LogP contribution in [0, 0.1) is 0 Å². The SMILES string of the molecule is O=C(NCC1(O)CCCCC1)[C@]1(Cc2ccccc2Br)N=C(c2ccc(OCCCO)cc2)O[C@@H]1c1ccccc1. The Labute approximate surface area is 249 Å². The first-order chi connectivity index (χ1) is 19.9. The largest absolute Gasteiger partial charge is 0.494 e. The first kappa shape index (κ1) is 29.3. The number of benzene rings is 3. The number of hydrogen-bond donors (Lipinski definition) is 3. The molecule has 3 N–H and O–H groups in total. The molecule has 8 heteroatoms. The summed E-state index contributed by atoms with van der Waals surface area (Å²) < 4.78 is 13.2. The molecule has 2 aliphatic rings. The average molecular weight is 622 g/mol. The highest BCUT2D eigenvalue weighted by Gasteiger charge is 2.53. The number of carbonyl (C=O) groups is 1. The van der Waals surface area contributed by atoms with Crippen LogP contribution in [0.5, 0.6) is 5.75 Å². The quantitative estimate of drug-likeness (QED) is 0.245. The predicted octanol–water partition coefficient (Wildman–Crippen LogP) is 5.52. The van der Waals surface area contributed by atoms with E-state index in [1.165, 1.54) is 0 Å². The van der Waals surface area contributed by atoms with Crippen LogP contribution in [-0.2, 0) is 16.0 Å². The van der Waals surface area contributed by atoms with E-state index in [0.29, 0.717) is 43.9 Å². The van der Waals surface area contributed by atoms with Crippen LogP contribution in [0.1, 0.15) is 61.3 Å². The summed E-state index contributed by atoms with van der Waals surface area (Å²) in [5.74, 6) is 0.776. The number of aliphatic hydroxyl groups excluding tert-OH is 1. The molecular weight excluding hydrogens is 584 g/mol. The highest BCUT2D eigenvalue weighted by Crippen LogP contribution is 2.43. The van der Waals surface area contributed by atoms with Crippen molar-refractivity contribution < 1.29 is 24.5 Å². The van der Waals surface area contributed by atoms with E-state index in [9.17, 15) is 9.90 Å². The molecule has 0 saturated heterocycles. The molecule has 1 heterocycles. The van der Waals surface area contributed by atoms with E-state index in [1.807, 2.05) is 78.9 Å². The molecule has 0 spiro atoms. The van der Waals surface area contributed by atoms with E-state index in [2.05, 4.69) is 21.2 Å². The predicted molar refractivity (Wildman–Crippen MR) is 162 cm³/mol. The van der Waals surface area contributed by atoms with Gasteiger partial charge in [0.05, 0.1) is 12.2 Å². The number of halogens is 1. The number of amides is 1. The normalized spacial score (nSPS) is 21.5. The van der Waals surface area contributed by atoms with Crippen LogP contribution in [0.3, 0.4) is 0 Å². The van der Waals surface area contributed by atoms with Crippen molar-refractivity contribution in [2.24, 2.45) is 4.99 Å². The number of aliphatic imine (C=N–C) groups is 1. The summed E-state index contributed by atoms with van der Waals surface area (Å²) in [6, 6.07) is 25.0. The fourth-order valence-electron chi connectivity index (χ4n) is 5.63. The molecule has 1 aliphatic heterocycles. The van der Waals surface area contributed by atoms with Crippen molar-refractivity contribution in [1.82, 2.24) is 5.32 Å². The molecule has 5 rings (SSSR count). The lowest BCUT2D eigenvalue weighted by atomic mass is 9.81. The van der Waals surface area contributed by atoms with Gasteiger partial charge in [0.25, 0.3) is 5.91 Å². The zero-order chi connectivity index (χ0) is 28.7. The van der Waals surface area contributed by atoms with Crippen LogP contribution in [0.15, 0.2) is 88.3 Å². The van der Waals surface area contributed by atoms with E-state index in [4.69, 9.17) is 19.6 Å². The minimum atomic E-state index is -1.32. The molecule has 3 aromatic rings. The topological polar surface area (TPSA) is 100 Å². The van der Waals surface area contributed by atoms with Gasteiger partial charge in [0.15, 0.2) is 11.6 Å². The second-order valence-electron chi connectivity index (χ2n) is 10.9. The molecule has 7 nitrogen and oxygen atoms in total. The lowest BCUT2D eigenvalue weighted by molar-refractivity contribution is -0.130. The van der Waals surface area contributed by atoms with Gasteiger partial charge < -0.3 is 25.0 Å². The van der Waals surface area contributed by atoms with Gasteiger partial charge in [-0.3, -0.25) is 4.79 Å². The van der Waals surface area contributed by atoms with Crippen molar-refractivity contribution in [3.05, 3.63) is 100 Å². The van der Waals surface area contributed by atoms with Gasteiger partial charge in [-0.15, -0.1) is 0 Å². The van der Waals surface area contributed by atoms with Crippen LogP contribution in [0.25, 0.3) is 0 Å². The Morgan fingerprint density at radius 1 is 1.00 bits per heavy atom. The van der Waals surface area contributed by atoms with Crippen molar-refractivity contribution >= 4 is 27.7 Å². The highest BCUT2D eigenvalue weighted by atomic mass is 79.9. The van der Waals surface area contributed by atoms with Crippen LogP contribution in [0.2, 0.25) is 0 Å². The first-order valence-electron chi connectivity index (χ1n) is 14.3. The second kappa shape index (κ2) is 13.2. The maximum absolute atomic E-state index is 14.4. The first-order valence-corrected chi connectivity index (χ1v) is 15.1. The fraction of sp³-hybridized carbons (Fsp3) is 0.394. The van der Waals surface area contributed by atoms with E-state index >= 15 is 0 Å². The van der Waals surface area contributed by atoms with Gasteiger partial charge in [-0.25, -0.2) is 4.99 Å². The zero-order valence-corrected chi connectivity index (χ0v) is 24.7. The van der Waals surface area contributed by atoms with Crippen molar-refractivity contribution in [1.29, 1.82) is 0 Å². The number of hydrogen-bond acceptors (Lipinski definition) is 6. The number of nitrogens with one attached hydrogen (secondary N) is 1. The van der Waals surface area contributed by atoms with Crippen molar-refractivity contribution in [2.75, 3.05) is 19.8 Å². The third kappa shape index (κ3) is 6.83. The van der Waals surface area contributed by atoms with Crippen LogP contribution >= 0.6 is 15.9 Å². The second-order valence-corrected chi connectivity index (χ2v) is 11.8. The van der Waals surface area contributed by atoms with E-state index in [1.54, 1.807) is 0 Å². The van der Waals surface area contributed by atoms with Gasteiger partial charge in [-0.05, 0) is 54.3 Å². The summed E-state index contributed by atoms with van der Waals surface area (Å²) in [7, 11) is 0. The summed E-state index contributed by atoms with van der Waals surface area (Å²) in [4.78, 5) is 19.4. The number of aliphatic hydroxyl groups is 2. The molecule has 1 fully saturated rings. The smallest absolute Gasteiger partial charge is 0.252 e. The van der Waals surface area contributed by atoms with Gasteiger partial charge >= 0.3 is 0 Å². The van der Waals surface area contributed by atoms with E-state index in [-0.39, 0.29) is 19.1 Å². The summed E-state index contributed by atoms with van der Waals surface area (Å²) in [5, 5.41) is 23.3. The molecule has 216 valence electrons.